The zero-order valence-electron chi connectivity index (χ0n) is 9.47. The summed E-state index contributed by atoms with van der Waals surface area (Å²) >= 11 is 0. The number of rotatable bonds is 3. The number of nitrogens with zero attached hydrogens (tertiary/aromatic N) is 1. The summed E-state index contributed by atoms with van der Waals surface area (Å²) in [6.07, 6.45) is 0.636. The highest BCUT2D eigenvalue weighted by Gasteiger charge is 2.12. The van der Waals surface area contributed by atoms with Crippen molar-refractivity contribution in [2.24, 2.45) is 0 Å². The molecule has 0 amide bonds. The van der Waals surface area contributed by atoms with Gasteiger partial charge in [-0.05, 0) is 18.6 Å². The number of aromatic hydroxyl groups is 1. The van der Waals surface area contributed by atoms with Crippen LogP contribution in [0.4, 0.5) is 0 Å². The topological polar surface area (TPSA) is 78.2 Å². The normalized spacial score (nSPS) is 10.7. The highest BCUT2D eigenvalue weighted by molar-refractivity contribution is 5.38. The maximum Gasteiger partial charge on any atom is 0.277 e. The van der Waals surface area contributed by atoms with Crippen LogP contribution in [0.3, 0.4) is 0 Å². The van der Waals surface area contributed by atoms with Crippen molar-refractivity contribution >= 4 is 0 Å². The van der Waals surface area contributed by atoms with Gasteiger partial charge in [-0.25, -0.2) is 4.68 Å². The number of H-pyrrole nitrogens is 1. The second kappa shape index (κ2) is 4.47. The lowest BCUT2D eigenvalue weighted by molar-refractivity contribution is 0.279. The largest absolute Gasteiger partial charge is 0.508 e. The molecule has 0 aliphatic rings. The molecule has 2 rings (SSSR count). The van der Waals surface area contributed by atoms with Crippen LogP contribution >= 0.6 is 0 Å². The molecular weight excluding hydrogens is 220 g/mol. The predicted octanol–water partition coefficient (Wildman–Crippen LogP) is 0.926. The van der Waals surface area contributed by atoms with Crippen molar-refractivity contribution in [1.29, 1.82) is 0 Å². The summed E-state index contributed by atoms with van der Waals surface area (Å²) in [4.78, 5) is 12.0. The van der Waals surface area contributed by atoms with Crippen molar-refractivity contribution in [3.8, 4) is 11.4 Å². The Balaban J connectivity index is 2.61. The fourth-order valence-corrected chi connectivity index (χ4v) is 1.79. The van der Waals surface area contributed by atoms with Gasteiger partial charge in [0.25, 0.3) is 5.56 Å². The summed E-state index contributed by atoms with van der Waals surface area (Å²) in [5, 5.41) is 21.5. The Bertz CT molecular complexity index is 584. The molecule has 5 heteroatoms. The van der Waals surface area contributed by atoms with Crippen LogP contribution in [-0.4, -0.2) is 20.0 Å². The number of aliphatic hydroxyl groups is 1. The Kier molecular flexibility index (Phi) is 3.01. The molecule has 1 aromatic carbocycles. The van der Waals surface area contributed by atoms with E-state index in [0.29, 0.717) is 23.4 Å². The maximum atomic E-state index is 12.0. The van der Waals surface area contributed by atoms with E-state index in [1.54, 1.807) is 12.1 Å². The van der Waals surface area contributed by atoms with Gasteiger partial charge >= 0.3 is 0 Å². The zero-order chi connectivity index (χ0) is 12.4. The van der Waals surface area contributed by atoms with Crippen LogP contribution in [0.5, 0.6) is 5.75 Å². The summed E-state index contributed by atoms with van der Waals surface area (Å²) in [6.45, 7) is 1.61. The van der Waals surface area contributed by atoms with Gasteiger partial charge in [0.2, 0.25) is 0 Å². The number of aromatic amines is 1. The number of aliphatic hydroxyl groups excluding tert-OH is 1. The van der Waals surface area contributed by atoms with Gasteiger partial charge in [-0.15, -0.1) is 0 Å². The third-order valence-electron chi connectivity index (χ3n) is 2.67. The Morgan fingerprint density at radius 2 is 2.18 bits per heavy atom. The van der Waals surface area contributed by atoms with Crippen molar-refractivity contribution in [3.05, 3.63) is 45.9 Å². The number of phenolic OH excluding ortho intramolecular Hbond substituents is 1. The van der Waals surface area contributed by atoms with Crippen LogP contribution in [-0.2, 0) is 13.0 Å². The van der Waals surface area contributed by atoms with Crippen LogP contribution in [0.1, 0.15) is 18.2 Å². The average Bonchev–Trinajstić information content (AvgIpc) is 2.65. The van der Waals surface area contributed by atoms with Crippen molar-refractivity contribution in [3.63, 3.8) is 0 Å². The van der Waals surface area contributed by atoms with E-state index in [1.807, 2.05) is 6.92 Å². The van der Waals surface area contributed by atoms with E-state index in [0.717, 1.165) is 0 Å². The van der Waals surface area contributed by atoms with Crippen LogP contribution in [0.15, 0.2) is 29.1 Å². The smallest absolute Gasteiger partial charge is 0.277 e. The molecule has 0 radical (unpaired) electrons. The molecular formula is C12H14N2O3. The minimum Gasteiger partial charge on any atom is -0.508 e. The summed E-state index contributed by atoms with van der Waals surface area (Å²) in [7, 11) is 0. The van der Waals surface area contributed by atoms with E-state index in [4.69, 9.17) is 5.11 Å². The second-order valence-electron chi connectivity index (χ2n) is 3.74. The molecule has 90 valence electrons. The Labute approximate surface area is 97.9 Å². The lowest BCUT2D eigenvalue weighted by atomic mass is 10.2. The highest BCUT2D eigenvalue weighted by Crippen LogP contribution is 2.14. The molecule has 0 aliphatic carbocycles. The van der Waals surface area contributed by atoms with Crippen molar-refractivity contribution in [1.82, 2.24) is 9.78 Å². The molecule has 0 unspecified atom stereocenters. The first kappa shape index (κ1) is 11.5. The molecule has 2 aromatic rings. The third kappa shape index (κ3) is 1.97. The van der Waals surface area contributed by atoms with E-state index in [-0.39, 0.29) is 17.9 Å². The van der Waals surface area contributed by atoms with Gasteiger partial charge in [-0.2, -0.15) is 0 Å². The molecule has 0 spiro atoms. The van der Waals surface area contributed by atoms with E-state index >= 15 is 0 Å². The van der Waals surface area contributed by atoms with E-state index in [1.165, 1.54) is 16.8 Å². The number of hydrogen-bond acceptors (Lipinski definition) is 3. The first-order valence-corrected chi connectivity index (χ1v) is 5.40. The lowest BCUT2D eigenvalue weighted by Crippen LogP contribution is -2.17. The fraction of sp³-hybridized carbons (Fsp3) is 0.250. The van der Waals surface area contributed by atoms with Gasteiger partial charge < -0.3 is 10.2 Å². The quantitative estimate of drug-likeness (QED) is 0.739. The van der Waals surface area contributed by atoms with Gasteiger partial charge in [-0.3, -0.25) is 9.89 Å². The lowest BCUT2D eigenvalue weighted by Gasteiger charge is -2.01. The fourth-order valence-electron chi connectivity index (χ4n) is 1.79. The molecule has 0 saturated heterocycles. The minimum absolute atomic E-state index is 0.0904. The van der Waals surface area contributed by atoms with Gasteiger partial charge in [0.15, 0.2) is 0 Å². The van der Waals surface area contributed by atoms with E-state index < -0.39 is 0 Å². The number of hydrogen-bond donors (Lipinski definition) is 3. The van der Waals surface area contributed by atoms with Crippen LogP contribution < -0.4 is 5.56 Å². The zero-order valence-corrected chi connectivity index (χ0v) is 9.47. The Morgan fingerprint density at radius 3 is 2.71 bits per heavy atom. The van der Waals surface area contributed by atoms with Gasteiger partial charge in [0.05, 0.1) is 17.9 Å². The predicted molar refractivity (Wildman–Crippen MR) is 63.4 cm³/mol. The SMILES string of the molecule is CCc1[nH]n(-c2cccc(O)c2)c(=O)c1CO. The number of benzene rings is 1. The summed E-state index contributed by atoms with van der Waals surface area (Å²) in [5.74, 6) is 0.0904. The van der Waals surface area contributed by atoms with Crippen molar-refractivity contribution in [2.75, 3.05) is 0 Å². The van der Waals surface area contributed by atoms with Crippen molar-refractivity contribution < 1.29 is 10.2 Å². The molecule has 0 atom stereocenters. The third-order valence-corrected chi connectivity index (χ3v) is 2.67. The van der Waals surface area contributed by atoms with E-state index in [2.05, 4.69) is 5.10 Å². The van der Waals surface area contributed by atoms with E-state index in [9.17, 15) is 9.90 Å². The molecule has 17 heavy (non-hydrogen) atoms. The number of phenols is 1. The minimum atomic E-state index is -0.287. The highest BCUT2D eigenvalue weighted by atomic mass is 16.3. The maximum absolute atomic E-state index is 12.0. The number of aryl methyl sites for hydroxylation is 1. The van der Waals surface area contributed by atoms with Crippen LogP contribution in [0, 0.1) is 0 Å². The Morgan fingerprint density at radius 1 is 1.41 bits per heavy atom. The standard InChI is InChI=1S/C12H14N2O3/c1-2-11-10(7-15)12(17)14(13-11)8-4-3-5-9(16)6-8/h3-6,13,15-16H,2,7H2,1H3. The van der Waals surface area contributed by atoms with Gasteiger partial charge in [0, 0.05) is 11.8 Å². The summed E-state index contributed by atoms with van der Waals surface area (Å²) in [6, 6.07) is 6.38. The monoisotopic (exact) mass is 234 g/mol. The first-order valence-electron chi connectivity index (χ1n) is 5.40. The molecule has 0 saturated carbocycles. The molecule has 0 aliphatic heterocycles. The Hall–Kier alpha value is -2.01. The number of nitrogens with one attached hydrogen (secondary N) is 1. The molecule has 0 fully saturated rings. The van der Waals surface area contributed by atoms with Crippen LogP contribution in [0.25, 0.3) is 5.69 Å². The molecule has 5 nitrogen and oxygen atoms in total. The molecule has 1 aromatic heterocycles. The van der Waals surface area contributed by atoms with Crippen LogP contribution in [0.2, 0.25) is 0 Å². The van der Waals surface area contributed by atoms with Gasteiger partial charge in [-0.1, -0.05) is 13.0 Å². The van der Waals surface area contributed by atoms with Crippen molar-refractivity contribution in [2.45, 2.75) is 20.0 Å². The first-order chi connectivity index (χ1) is 8.17. The molecule has 3 N–H and O–H groups in total. The number of aromatic nitrogens is 2. The summed E-state index contributed by atoms with van der Waals surface area (Å²) < 4.78 is 1.32. The second-order valence-corrected chi connectivity index (χ2v) is 3.74. The molecule has 0 bridgehead atoms. The molecule has 1 heterocycles. The summed E-state index contributed by atoms with van der Waals surface area (Å²) in [5.41, 5.74) is 1.34. The average molecular weight is 234 g/mol. The van der Waals surface area contributed by atoms with Gasteiger partial charge in [0.1, 0.15) is 5.75 Å².